The van der Waals surface area contributed by atoms with Crippen LogP contribution in [0.5, 0.6) is 0 Å². The number of anilines is 1. The van der Waals surface area contributed by atoms with E-state index < -0.39 is 5.82 Å². The summed E-state index contributed by atoms with van der Waals surface area (Å²) in [5, 5.41) is 11.0. The van der Waals surface area contributed by atoms with Gasteiger partial charge in [0.05, 0.1) is 11.1 Å². The maximum Gasteiger partial charge on any atom is 0.272 e. The molecule has 9 heteroatoms. The minimum Gasteiger partial charge on any atom is -0.369 e. The van der Waals surface area contributed by atoms with Crippen molar-refractivity contribution in [1.29, 1.82) is 0 Å². The molecule has 152 valence electrons. The average Bonchev–Trinajstić information content (AvgIpc) is 3.34. The average molecular weight is 428 g/mol. The van der Waals surface area contributed by atoms with E-state index in [0.717, 1.165) is 44.6 Å². The van der Waals surface area contributed by atoms with E-state index in [1.165, 1.54) is 6.07 Å². The Balaban J connectivity index is 0.00000225. The van der Waals surface area contributed by atoms with Crippen LogP contribution in [0.2, 0.25) is 5.02 Å². The van der Waals surface area contributed by atoms with Gasteiger partial charge in [-0.1, -0.05) is 11.6 Å². The third-order valence-corrected chi connectivity index (χ3v) is 5.57. The molecule has 1 aromatic carbocycles. The van der Waals surface area contributed by atoms with Crippen molar-refractivity contribution in [2.45, 2.75) is 31.3 Å². The first-order chi connectivity index (χ1) is 13.1. The first kappa shape index (κ1) is 20.9. The van der Waals surface area contributed by atoms with Gasteiger partial charge in [0, 0.05) is 37.6 Å². The van der Waals surface area contributed by atoms with Crippen molar-refractivity contribution in [3.63, 3.8) is 0 Å². The van der Waals surface area contributed by atoms with Crippen molar-refractivity contribution in [1.82, 2.24) is 20.4 Å². The van der Waals surface area contributed by atoms with Crippen molar-refractivity contribution in [2.75, 3.05) is 31.1 Å². The minimum absolute atomic E-state index is 0. The smallest absolute Gasteiger partial charge is 0.272 e. The van der Waals surface area contributed by atoms with Crippen LogP contribution in [0.1, 0.15) is 35.8 Å². The largest absolute Gasteiger partial charge is 0.369 e. The van der Waals surface area contributed by atoms with E-state index in [2.05, 4.69) is 20.6 Å². The Bertz CT molecular complexity index is 824. The summed E-state index contributed by atoms with van der Waals surface area (Å²) in [5.41, 5.74) is 1.32. The highest BCUT2D eigenvalue weighted by atomic mass is 35.5. The van der Waals surface area contributed by atoms with Gasteiger partial charge < -0.3 is 15.5 Å². The van der Waals surface area contributed by atoms with Gasteiger partial charge in [-0.05, 0) is 50.1 Å². The summed E-state index contributed by atoms with van der Waals surface area (Å²) in [6.07, 6.45) is 4.91. The number of hydrogen-bond donors (Lipinski definition) is 2. The fraction of sp³-hybridized carbons (Fsp3) is 0.474. The molecule has 3 heterocycles. The quantitative estimate of drug-likeness (QED) is 0.786. The molecule has 0 spiro atoms. The molecule has 2 fully saturated rings. The summed E-state index contributed by atoms with van der Waals surface area (Å²) in [7, 11) is 0. The van der Waals surface area contributed by atoms with Gasteiger partial charge in [-0.25, -0.2) is 4.39 Å². The summed E-state index contributed by atoms with van der Waals surface area (Å²) < 4.78 is 15.2. The second-order valence-corrected chi connectivity index (χ2v) is 7.59. The van der Waals surface area contributed by atoms with Gasteiger partial charge in [-0.15, -0.1) is 12.4 Å². The lowest BCUT2D eigenvalue weighted by molar-refractivity contribution is 0.0934. The molecule has 2 saturated heterocycles. The van der Waals surface area contributed by atoms with Crippen LogP contribution >= 0.6 is 24.0 Å². The molecular weight excluding hydrogens is 404 g/mol. The van der Waals surface area contributed by atoms with E-state index >= 15 is 0 Å². The van der Waals surface area contributed by atoms with Crippen molar-refractivity contribution in [3.8, 4) is 0 Å². The Hall–Kier alpha value is -1.83. The summed E-state index contributed by atoms with van der Waals surface area (Å²) >= 11 is 5.87. The van der Waals surface area contributed by atoms with Crippen LogP contribution in [-0.2, 0) is 0 Å². The highest BCUT2D eigenvalue weighted by Gasteiger charge is 2.26. The van der Waals surface area contributed by atoms with Crippen LogP contribution in [0.25, 0.3) is 0 Å². The maximum absolute atomic E-state index is 13.3. The van der Waals surface area contributed by atoms with Crippen LogP contribution in [0.15, 0.2) is 30.5 Å². The molecule has 1 amide bonds. The molecule has 0 radical (unpaired) electrons. The maximum atomic E-state index is 13.3. The number of carbonyl (C=O) groups is 1. The van der Waals surface area contributed by atoms with Gasteiger partial charge in [-0.2, -0.15) is 5.10 Å². The van der Waals surface area contributed by atoms with Crippen LogP contribution in [0, 0.1) is 5.82 Å². The van der Waals surface area contributed by atoms with Crippen molar-refractivity contribution in [2.24, 2.45) is 0 Å². The number of nitrogens with one attached hydrogen (secondary N) is 2. The molecule has 0 bridgehead atoms. The Morgan fingerprint density at radius 1 is 1.32 bits per heavy atom. The van der Waals surface area contributed by atoms with Gasteiger partial charge >= 0.3 is 0 Å². The summed E-state index contributed by atoms with van der Waals surface area (Å²) in [4.78, 5) is 14.6. The number of halogens is 3. The Kier molecular flexibility index (Phi) is 6.80. The molecule has 0 aliphatic carbocycles. The molecule has 2 aliphatic rings. The van der Waals surface area contributed by atoms with Crippen LogP contribution in [-0.4, -0.2) is 47.9 Å². The van der Waals surface area contributed by atoms with Crippen molar-refractivity contribution in [3.05, 3.63) is 47.0 Å². The molecular formula is C19H24Cl2FN5O. The molecule has 6 nitrogen and oxygen atoms in total. The molecule has 2 N–H and O–H groups in total. The molecule has 2 unspecified atom stereocenters. The van der Waals surface area contributed by atoms with Gasteiger partial charge in [0.1, 0.15) is 11.5 Å². The summed E-state index contributed by atoms with van der Waals surface area (Å²) in [6.45, 7) is 3.39. The molecule has 28 heavy (non-hydrogen) atoms. The van der Waals surface area contributed by atoms with E-state index in [1.807, 2.05) is 10.9 Å². The minimum atomic E-state index is -0.423. The number of rotatable bonds is 4. The number of hydrogen-bond acceptors (Lipinski definition) is 4. The van der Waals surface area contributed by atoms with Gasteiger partial charge in [0.15, 0.2) is 0 Å². The van der Waals surface area contributed by atoms with Gasteiger partial charge in [0.2, 0.25) is 0 Å². The highest BCUT2D eigenvalue weighted by Crippen LogP contribution is 2.25. The first-order valence-electron chi connectivity index (χ1n) is 9.37. The second-order valence-electron chi connectivity index (χ2n) is 7.18. The molecule has 0 saturated carbocycles. The van der Waals surface area contributed by atoms with E-state index in [1.54, 1.807) is 18.2 Å². The molecule has 2 aromatic rings. The lowest BCUT2D eigenvalue weighted by Crippen LogP contribution is -2.37. The SMILES string of the molecule is Cl.O=C(NC1CCN(c2ccc(F)c(Cl)c2)C1)c1ccn(C2CCCNC2)n1. The third kappa shape index (κ3) is 4.59. The Labute approximate surface area is 174 Å². The lowest BCUT2D eigenvalue weighted by atomic mass is 10.1. The van der Waals surface area contributed by atoms with Crippen molar-refractivity contribution >= 4 is 35.6 Å². The normalized spacial score (nSPS) is 22.0. The zero-order valence-electron chi connectivity index (χ0n) is 15.4. The summed E-state index contributed by atoms with van der Waals surface area (Å²) in [5.74, 6) is -0.574. The van der Waals surface area contributed by atoms with E-state index in [0.29, 0.717) is 18.3 Å². The van der Waals surface area contributed by atoms with E-state index in [-0.39, 0.29) is 29.4 Å². The monoisotopic (exact) mass is 427 g/mol. The lowest BCUT2D eigenvalue weighted by Gasteiger charge is -2.23. The molecule has 4 rings (SSSR count). The molecule has 2 atom stereocenters. The van der Waals surface area contributed by atoms with E-state index in [4.69, 9.17) is 11.6 Å². The predicted octanol–water partition coefficient (Wildman–Crippen LogP) is 3.03. The van der Waals surface area contributed by atoms with Crippen LogP contribution < -0.4 is 15.5 Å². The van der Waals surface area contributed by atoms with Gasteiger partial charge in [-0.3, -0.25) is 9.48 Å². The van der Waals surface area contributed by atoms with E-state index in [9.17, 15) is 9.18 Å². The summed E-state index contributed by atoms with van der Waals surface area (Å²) in [6, 6.07) is 6.83. The Morgan fingerprint density at radius 2 is 2.18 bits per heavy atom. The molecule has 2 aliphatic heterocycles. The number of aromatic nitrogens is 2. The zero-order valence-corrected chi connectivity index (χ0v) is 17.0. The first-order valence-corrected chi connectivity index (χ1v) is 9.74. The highest BCUT2D eigenvalue weighted by molar-refractivity contribution is 6.31. The number of amides is 1. The van der Waals surface area contributed by atoms with Crippen molar-refractivity contribution < 1.29 is 9.18 Å². The van der Waals surface area contributed by atoms with Crippen LogP contribution in [0.3, 0.4) is 0 Å². The third-order valence-electron chi connectivity index (χ3n) is 5.28. The number of piperidine rings is 1. The number of benzene rings is 1. The Morgan fingerprint density at radius 3 is 2.93 bits per heavy atom. The molecule has 1 aromatic heterocycles. The fourth-order valence-electron chi connectivity index (χ4n) is 3.78. The predicted molar refractivity (Wildman–Crippen MR) is 110 cm³/mol. The second kappa shape index (κ2) is 9.11. The zero-order chi connectivity index (χ0) is 18.8. The standard InChI is InChI=1S/C19H23ClFN5O.ClH/c20-16-10-14(3-4-17(16)21)25-8-5-13(12-25)23-19(27)18-6-9-26(24-18)15-2-1-7-22-11-15;/h3-4,6,9-10,13,15,22H,1-2,5,7-8,11-12H2,(H,23,27);1H. The van der Waals surface area contributed by atoms with Gasteiger partial charge in [0.25, 0.3) is 5.91 Å². The fourth-order valence-corrected chi connectivity index (χ4v) is 3.95. The topological polar surface area (TPSA) is 62.2 Å². The van der Waals surface area contributed by atoms with Crippen LogP contribution in [0.4, 0.5) is 10.1 Å². The number of nitrogens with zero attached hydrogens (tertiary/aromatic N) is 3. The number of carbonyl (C=O) groups excluding carboxylic acids is 1.